The molecule has 0 bridgehead atoms. The smallest absolute Gasteiger partial charge is 0.403 e. The first-order valence-corrected chi connectivity index (χ1v) is 3.60. The number of hydrogen-bond acceptors (Lipinski definition) is 3. The van der Waals surface area contributed by atoms with Crippen LogP contribution in [0.5, 0.6) is 0 Å². The quantitative estimate of drug-likeness (QED) is 0.581. The van der Waals surface area contributed by atoms with Crippen molar-refractivity contribution in [2.45, 2.75) is 18.9 Å². The molecule has 1 aliphatic heterocycles. The van der Waals surface area contributed by atoms with Gasteiger partial charge in [-0.2, -0.15) is 0 Å². The summed E-state index contributed by atoms with van der Waals surface area (Å²) in [5.41, 5.74) is -0.754. The van der Waals surface area contributed by atoms with Crippen molar-refractivity contribution in [3.05, 3.63) is 0 Å². The first kappa shape index (κ1) is 7.82. The van der Waals surface area contributed by atoms with Gasteiger partial charge in [0.1, 0.15) is 6.61 Å². The van der Waals surface area contributed by atoms with E-state index in [1.54, 1.807) is 0 Å². The Hall–Kier alpha value is -0.280. The first-order valence-electron chi connectivity index (χ1n) is 3.23. The van der Waals surface area contributed by atoms with E-state index in [-0.39, 0.29) is 6.10 Å². The molecule has 0 saturated carbocycles. The molecule has 0 aromatic carbocycles. The van der Waals surface area contributed by atoms with Gasteiger partial charge in [0, 0.05) is 18.2 Å². The first-order chi connectivity index (χ1) is 4.79. The minimum atomic E-state index is -0.754. The molecular formula is C6H9ClO3. The highest BCUT2D eigenvalue weighted by atomic mass is 35.5. The minimum absolute atomic E-state index is 0.0719. The molecule has 0 N–H and O–H groups in total. The normalized spacial score (nSPS) is 24.7. The van der Waals surface area contributed by atoms with Crippen molar-refractivity contribution >= 4 is 17.0 Å². The second kappa shape index (κ2) is 3.78. The fourth-order valence-corrected chi connectivity index (χ4v) is 0.997. The SMILES string of the molecule is O=C(Cl)OC[C@H]1CCCO1. The van der Waals surface area contributed by atoms with Crippen LogP contribution in [0.2, 0.25) is 0 Å². The van der Waals surface area contributed by atoms with Gasteiger partial charge in [-0.05, 0) is 12.8 Å². The summed E-state index contributed by atoms with van der Waals surface area (Å²) in [5.74, 6) is 0. The zero-order valence-corrected chi connectivity index (χ0v) is 6.26. The summed E-state index contributed by atoms with van der Waals surface area (Å²) in [6.07, 6.45) is 2.08. The Kier molecular flexibility index (Phi) is 2.96. The molecule has 3 nitrogen and oxygen atoms in total. The van der Waals surface area contributed by atoms with Gasteiger partial charge >= 0.3 is 5.43 Å². The molecule has 1 saturated heterocycles. The average molecular weight is 165 g/mol. The number of carbonyl (C=O) groups is 1. The molecule has 0 aromatic rings. The zero-order chi connectivity index (χ0) is 7.40. The van der Waals surface area contributed by atoms with Gasteiger partial charge in [-0.1, -0.05) is 0 Å². The number of hydrogen-bond donors (Lipinski definition) is 0. The van der Waals surface area contributed by atoms with Gasteiger partial charge in [-0.25, -0.2) is 4.79 Å². The van der Waals surface area contributed by atoms with E-state index in [2.05, 4.69) is 4.74 Å². The standard InChI is InChI=1S/C6H9ClO3/c7-6(8)10-4-5-2-1-3-9-5/h5H,1-4H2/t5-/m1/s1. The Morgan fingerprint density at radius 2 is 2.60 bits per heavy atom. The van der Waals surface area contributed by atoms with Crippen molar-refractivity contribution in [3.8, 4) is 0 Å². The summed E-state index contributed by atoms with van der Waals surface area (Å²) in [6, 6.07) is 0. The topological polar surface area (TPSA) is 35.5 Å². The van der Waals surface area contributed by atoms with Crippen LogP contribution in [0.25, 0.3) is 0 Å². The van der Waals surface area contributed by atoms with Crippen molar-refractivity contribution in [3.63, 3.8) is 0 Å². The van der Waals surface area contributed by atoms with E-state index in [9.17, 15) is 4.79 Å². The lowest BCUT2D eigenvalue weighted by Gasteiger charge is -2.06. The summed E-state index contributed by atoms with van der Waals surface area (Å²) in [7, 11) is 0. The molecule has 1 heterocycles. The van der Waals surface area contributed by atoms with Crippen molar-refractivity contribution in [1.29, 1.82) is 0 Å². The number of halogens is 1. The molecule has 10 heavy (non-hydrogen) atoms. The Balaban J connectivity index is 2.07. The van der Waals surface area contributed by atoms with Crippen molar-refractivity contribution in [2.24, 2.45) is 0 Å². The number of ether oxygens (including phenoxy) is 2. The van der Waals surface area contributed by atoms with E-state index in [0.29, 0.717) is 6.61 Å². The molecule has 1 atom stereocenters. The maximum atomic E-state index is 10.1. The van der Waals surface area contributed by atoms with Gasteiger partial charge in [0.25, 0.3) is 0 Å². The maximum absolute atomic E-state index is 10.1. The second-order valence-corrected chi connectivity index (χ2v) is 2.49. The molecule has 0 aromatic heterocycles. The van der Waals surface area contributed by atoms with Crippen LogP contribution < -0.4 is 0 Å². The highest BCUT2D eigenvalue weighted by Gasteiger charge is 2.16. The Morgan fingerprint density at radius 3 is 3.10 bits per heavy atom. The highest BCUT2D eigenvalue weighted by molar-refractivity contribution is 6.61. The van der Waals surface area contributed by atoms with Crippen LogP contribution in [0.3, 0.4) is 0 Å². The monoisotopic (exact) mass is 164 g/mol. The predicted molar refractivity (Wildman–Crippen MR) is 36.2 cm³/mol. The third-order valence-electron chi connectivity index (χ3n) is 1.41. The van der Waals surface area contributed by atoms with Crippen LogP contribution in [0.4, 0.5) is 4.79 Å². The van der Waals surface area contributed by atoms with Crippen molar-refractivity contribution < 1.29 is 14.3 Å². The molecule has 0 amide bonds. The summed E-state index contributed by atoms with van der Waals surface area (Å²) in [6.45, 7) is 1.06. The molecule has 4 heteroatoms. The van der Waals surface area contributed by atoms with Gasteiger partial charge in [-0.3, -0.25) is 0 Å². The van der Waals surface area contributed by atoms with E-state index >= 15 is 0 Å². The lowest BCUT2D eigenvalue weighted by Crippen LogP contribution is -2.14. The molecule has 0 aliphatic carbocycles. The zero-order valence-electron chi connectivity index (χ0n) is 5.51. The van der Waals surface area contributed by atoms with Crippen LogP contribution >= 0.6 is 11.6 Å². The van der Waals surface area contributed by atoms with E-state index < -0.39 is 5.43 Å². The Bertz CT molecular complexity index is 120. The molecule has 1 rings (SSSR count). The molecule has 58 valence electrons. The van der Waals surface area contributed by atoms with Crippen LogP contribution in [-0.4, -0.2) is 24.7 Å². The summed E-state index contributed by atoms with van der Waals surface area (Å²) in [4.78, 5) is 10.1. The lowest BCUT2D eigenvalue weighted by atomic mass is 10.2. The summed E-state index contributed by atoms with van der Waals surface area (Å²) >= 11 is 4.94. The van der Waals surface area contributed by atoms with Crippen LogP contribution in [0, 0.1) is 0 Å². The van der Waals surface area contributed by atoms with E-state index in [1.807, 2.05) is 0 Å². The van der Waals surface area contributed by atoms with E-state index in [0.717, 1.165) is 19.4 Å². The summed E-state index contributed by atoms with van der Waals surface area (Å²) < 4.78 is 9.69. The molecular weight excluding hydrogens is 156 g/mol. The Labute approximate surface area is 64.3 Å². The van der Waals surface area contributed by atoms with Gasteiger partial charge in [0.05, 0.1) is 6.10 Å². The van der Waals surface area contributed by atoms with Gasteiger partial charge in [0.2, 0.25) is 0 Å². The van der Waals surface area contributed by atoms with E-state index in [4.69, 9.17) is 16.3 Å². The minimum Gasteiger partial charge on any atom is -0.451 e. The predicted octanol–water partition coefficient (Wildman–Crippen LogP) is 1.54. The Morgan fingerprint density at radius 1 is 1.80 bits per heavy atom. The van der Waals surface area contributed by atoms with Gasteiger partial charge in [0.15, 0.2) is 0 Å². The second-order valence-electron chi connectivity index (χ2n) is 2.18. The lowest BCUT2D eigenvalue weighted by molar-refractivity contribution is 0.0519. The van der Waals surface area contributed by atoms with Gasteiger partial charge < -0.3 is 9.47 Å². The molecule has 0 unspecified atom stereocenters. The van der Waals surface area contributed by atoms with E-state index in [1.165, 1.54) is 0 Å². The molecule has 1 fully saturated rings. The average Bonchev–Trinajstić information content (AvgIpc) is 2.34. The molecule has 1 aliphatic rings. The number of rotatable bonds is 2. The largest absolute Gasteiger partial charge is 0.451 e. The third kappa shape index (κ3) is 2.54. The highest BCUT2D eigenvalue weighted by Crippen LogP contribution is 2.12. The van der Waals surface area contributed by atoms with Crippen LogP contribution in [0.15, 0.2) is 0 Å². The fourth-order valence-electron chi connectivity index (χ4n) is 0.934. The molecule has 0 radical (unpaired) electrons. The van der Waals surface area contributed by atoms with Crippen LogP contribution in [0.1, 0.15) is 12.8 Å². The number of carbonyl (C=O) groups excluding carboxylic acids is 1. The third-order valence-corrected chi connectivity index (χ3v) is 1.52. The summed E-state index contributed by atoms with van der Waals surface area (Å²) in [5, 5.41) is 0. The van der Waals surface area contributed by atoms with Gasteiger partial charge in [-0.15, -0.1) is 0 Å². The van der Waals surface area contributed by atoms with Crippen molar-refractivity contribution in [2.75, 3.05) is 13.2 Å². The van der Waals surface area contributed by atoms with Crippen LogP contribution in [-0.2, 0) is 9.47 Å². The fraction of sp³-hybridized carbons (Fsp3) is 0.833. The maximum Gasteiger partial charge on any atom is 0.403 e. The van der Waals surface area contributed by atoms with Crippen molar-refractivity contribution in [1.82, 2.24) is 0 Å². The molecule has 0 spiro atoms.